The number of amides is 1. The largest absolute Gasteiger partial charge is 0.497 e. The van der Waals surface area contributed by atoms with Gasteiger partial charge >= 0.3 is 0 Å². The first-order valence-corrected chi connectivity index (χ1v) is 10.6. The maximum Gasteiger partial charge on any atom is 0.223 e. The second-order valence-electron chi connectivity index (χ2n) is 7.25. The topological polar surface area (TPSA) is 65.4 Å². The van der Waals surface area contributed by atoms with Crippen molar-refractivity contribution in [3.63, 3.8) is 0 Å². The van der Waals surface area contributed by atoms with E-state index in [0.717, 1.165) is 41.2 Å². The summed E-state index contributed by atoms with van der Waals surface area (Å²) in [4.78, 5) is 17.0. The fourth-order valence-electron chi connectivity index (χ4n) is 3.61. The van der Waals surface area contributed by atoms with Crippen molar-refractivity contribution in [1.82, 2.24) is 14.9 Å². The summed E-state index contributed by atoms with van der Waals surface area (Å²) in [6, 6.07) is 15.7. The molecule has 2 aromatic carbocycles. The molecule has 1 aromatic heterocycles. The van der Waals surface area contributed by atoms with Crippen molar-refractivity contribution in [3.05, 3.63) is 54.4 Å². The van der Waals surface area contributed by atoms with Gasteiger partial charge in [-0.15, -0.1) is 0 Å². The summed E-state index contributed by atoms with van der Waals surface area (Å²) in [5, 5.41) is 3.06. The highest BCUT2D eigenvalue weighted by Crippen LogP contribution is 2.20. The maximum absolute atomic E-state index is 12.3. The number of imidazole rings is 1. The van der Waals surface area contributed by atoms with Crippen molar-refractivity contribution >= 4 is 16.9 Å². The molecule has 6 nitrogen and oxygen atoms in total. The Morgan fingerprint density at radius 1 is 1.10 bits per heavy atom. The van der Waals surface area contributed by atoms with Crippen molar-refractivity contribution < 1.29 is 14.3 Å². The minimum atomic E-state index is 0.0834. The molecule has 30 heavy (non-hydrogen) atoms. The summed E-state index contributed by atoms with van der Waals surface area (Å²) in [6.07, 6.45) is 2.41. The molecule has 0 aliphatic heterocycles. The molecule has 1 heterocycles. The molecule has 0 radical (unpaired) electrons. The first-order chi connectivity index (χ1) is 14.7. The molecule has 0 atom stereocenters. The summed E-state index contributed by atoms with van der Waals surface area (Å²) >= 11 is 0. The zero-order valence-electron chi connectivity index (χ0n) is 18.1. The normalized spacial score (nSPS) is 11.1. The highest BCUT2D eigenvalue weighted by Gasteiger charge is 2.15. The monoisotopic (exact) mass is 409 g/mol. The molecule has 160 valence electrons. The minimum absolute atomic E-state index is 0.0834. The van der Waals surface area contributed by atoms with Crippen LogP contribution in [-0.2, 0) is 17.8 Å². The first-order valence-electron chi connectivity index (χ1n) is 10.6. The highest BCUT2D eigenvalue weighted by molar-refractivity contribution is 5.78. The fourth-order valence-corrected chi connectivity index (χ4v) is 3.61. The van der Waals surface area contributed by atoms with E-state index in [-0.39, 0.29) is 11.8 Å². The van der Waals surface area contributed by atoms with Gasteiger partial charge in [0.05, 0.1) is 24.7 Å². The van der Waals surface area contributed by atoms with Crippen LogP contribution in [0.5, 0.6) is 11.5 Å². The minimum Gasteiger partial charge on any atom is -0.497 e. The lowest BCUT2D eigenvalue weighted by Crippen LogP contribution is -2.32. The third-order valence-corrected chi connectivity index (χ3v) is 5.36. The van der Waals surface area contributed by atoms with Crippen molar-refractivity contribution in [2.45, 2.75) is 39.7 Å². The Labute approximate surface area is 178 Å². The smallest absolute Gasteiger partial charge is 0.223 e. The second-order valence-corrected chi connectivity index (χ2v) is 7.25. The zero-order chi connectivity index (χ0) is 21.3. The molecule has 1 amide bonds. The first kappa shape index (κ1) is 21.7. The van der Waals surface area contributed by atoms with Gasteiger partial charge in [0.15, 0.2) is 0 Å². The van der Waals surface area contributed by atoms with E-state index in [1.807, 2.05) is 42.5 Å². The van der Waals surface area contributed by atoms with Crippen LogP contribution >= 0.6 is 0 Å². The van der Waals surface area contributed by atoms with E-state index < -0.39 is 0 Å². The molecule has 0 saturated heterocycles. The second kappa shape index (κ2) is 10.7. The van der Waals surface area contributed by atoms with Crippen LogP contribution < -0.4 is 14.8 Å². The summed E-state index contributed by atoms with van der Waals surface area (Å²) in [6.45, 7) is 5.87. The van der Waals surface area contributed by atoms with Crippen LogP contribution in [0.4, 0.5) is 0 Å². The molecule has 3 aromatic rings. The predicted molar refractivity (Wildman–Crippen MR) is 119 cm³/mol. The van der Waals surface area contributed by atoms with E-state index in [1.165, 1.54) is 0 Å². The SMILES string of the molecule is CCC(CC)C(=O)NCCc1nc2ccccc2n1CCOc1cccc(OC)c1. The molecule has 3 rings (SSSR count). The van der Waals surface area contributed by atoms with E-state index >= 15 is 0 Å². The number of methoxy groups -OCH3 is 1. The van der Waals surface area contributed by atoms with Gasteiger partial charge in [0, 0.05) is 24.9 Å². The number of para-hydroxylation sites is 2. The third kappa shape index (κ3) is 5.32. The molecule has 0 bridgehead atoms. The molecule has 0 fully saturated rings. The van der Waals surface area contributed by atoms with Gasteiger partial charge in [0.25, 0.3) is 0 Å². The van der Waals surface area contributed by atoms with Gasteiger partial charge in [-0.2, -0.15) is 0 Å². The summed E-state index contributed by atoms with van der Waals surface area (Å²) in [5.74, 6) is 2.71. The Bertz CT molecular complexity index is 963. The Morgan fingerprint density at radius 2 is 1.87 bits per heavy atom. The number of hydrogen-bond acceptors (Lipinski definition) is 4. The van der Waals surface area contributed by atoms with Gasteiger partial charge in [-0.3, -0.25) is 4.79 Å². The number of carbonyl (C=O) groups excluding carboxylic acids is 1. The van der Waals surface area contributed by atoms with Crippen LogP contribution in [0, 0.1) is 5.92 Å². The number of carbonyl (C=O) groups is 1. The zero-order valence-corrected chi connectivity index (χ0v) is 18.1. The lowest BCUT2D eigenvalue weighted by molar-refractivity contribution is -0.125. The summed E-state index contributed by atoms with van der Waals surface area (Å²) in [7, 11) is 1.64. The number of aromatic nitrogens is 2. The number of benzene rings is 2. The Morgan fingerprint density at radius 3 is 2.63 bits per heavy atom. The van der Waals surface area contributed by atoms with Crippen molar-refractivity contribution in [2.75, 3.05) is 20.3 Å². The van der Waals surface area contributed by atoms with Crippen molar-refractivity contribution in [1.29, 1.82) is 0 Å². The van der Waals surface area contributed by atoms with Gasteiger partial charge in [-0.05, 0) is 37.1 Å². The summed E-state index contributed by atoms with van der Waals surface area (Å²) in [5.41, 5.74) is 2.04. The lowest BCUT2D eigenvalue weighted by Gasteiger charge is -2.14. The van der Waals surface area contributed by atoms with Crippen LogP contribution in [0.3, 0.4) is 0 Å². The van der Waals surface area contributed by atoms with E-state index in [0.29, 0.717) is 26.1 Å². The molecular formula is C24H31N3O3. The molecular weight excluding hydrogens is 378 g/mol. The van der Waals surface area contributed by atoms with Crippen LogP contribution in [0.2, 0.25) is 0 Å². The van der Waals surface area contributed by atoms with Gasteiger partial charge in [-0.1, -0.05) is 32.0 Å². The molecule has 0 saturated carbocycles. The van der Waals surface area contributed by atoms with Crippen molar-refractivity contribution in [3.8, 4) is 11.5 Å². The van der Waals surface area contributed by atoms with Crippen LogP contribution in [0.15, 0.2) is 48.5 Å². The van der Waals surface area contributed by atoms with E-state index in [2.05, 4.69) is 29.8 Å². The Hall–Kier alpha value is -3.02. The number of hydrogen-bond donors (Lipinski definition) is 1. The van der Waals surface area contributed by atoms with E-state index in [9.17, 15) is 4.79 Å². The number of nitrogens with one attached hydrogen (secondary N) is 1. The highest BCUT2D eigenvalue weighted by atomic mass is 16.5. The van der Waals surface area contributed by atoms with Gasteiger partial charge in [0.2, 0.25) is 5.91 Å². The average molecular weight is 410 g/mol. The molecule has 6 heteroatoms. The number of ether oxygens (including phenoxy) is 2. The fraction of sp³-hybridized carbons (Fsp3) is 0.417. The molecule has 1 N–H and O–H groups in total. The number of nitrogens with zero attached hydrogens (tertiary/aromatic N) is 2. The Kier molecular flexibility index (Phi) is 7.71. The molecule has 0 unspecified atom stereocenters. The molecule has 0 spiro atoms. The van der Waals surface area contributed by atoms with Crippen LogP contribution in [0.25, 0.3) is 11.0 Å². The third-order valence-electron chi connectivity index (χ3n) is 5.36. The number of fused-ring (bicyclic) bond motifs is 1. The van der Waals surface area contributed by atoms with Gasteiger partial charge < -0.3 is 19.4 Å². The van der Waals surface area contributed by atoms with Crippen molar-refractivity contribution in [2.24, 2.45) is 5.92 Å². The Balaban J connectivity index is 1.66. The number of rotatable bonds is 11. The maximum atomic E-state index is 12.3. The molecule has 0 aliphatic carbocycles. The van der Waals surface area contributed by atoms with E-state index in [1.54, 1.807) is 7.11 Å². The quantitative estimate of drug-likeness (QED) is 0.515. The average Bonchev–Trinajstić information content (AvgIpc) is 3.12. The van der Waals surface area contributed by atoms with Crippen LogP contribution in [0.1, 0.15) is 32.5 Å². The molecule has 0 aliphatic rings. The van der Waals surface area contributed by atoms with Gasteiger partial charge in [-0.25, -0.2) is 4.98 Å². The van der Waals surface area contributed by atoms with Crippen LogP contribution in [-0.4, -0.2) is 35.7 Å². The predicted octanol–water partition coefficient (Wildman–Crippen LogP) is 4.22. The lowest BCUT2D eigenvalue weighted by atomic mass is 10.0. The van der Waals surface area contributed by atoms with Gasteiger partial charge in [0.1, 0.15) is 23.9 Å². The van der Waals surface area contributed by atoms with E-state index in [4.69, 9.17) is 14.5 Å². The standard InChI is InChI=1S/C24H31N3O3/c1-4-18(5-2)24(28)25-14-13-23-26-21-11-6-7-12-22(21)27(23)15-16-30-20-10-8-9-19(17-20)29-3/h6-12,17-18H,4-5,13-16H2,1-3H3,(H,25,28). The summed E-state index contributed by atoms with van der Waals surface area (Å²) < 4.78 is 13.4.